The van der Waals surface area contributed by atoms with Gasteiger partial charge in [0, 0.05) is 26.2 Å². The van der Waals surface area contributed by atoms with E-state index in [1.165, 1.54) is 22.5 Å². The molecular formula is C17H19F3N4O5S. The van der Waals surface area contributed by atoms with Crippen LogP contribution in [0, 0.1) is 0 Å². The van der Waals surface area contributed by atoms with Gasteiger partial charge in [-0.1, -0.05) is 0 Å². The third-order valence-electron chi connectivity index (χ3n) is 5.18. The van der Waals surface area contributed by atoms with E-state index in [9.17, 15) is 26.4 Å². The van der Waals surface area contributed by atoms with Crippen molar-refractivity contribution in [1.29, 1.82) is 0 Å². The topological polar surface area (TPSA) is 95.7 Å². The summed E-state index contributed by atoms with van der Waals surface area (Å²) < 4.78 is 78.2. The molecule has 30 heavy (non-hydrogen) atoms. The van der Waals surface area contributed by atoms with Gasteiger partial charge in [0.25, 0.3) is 0 Å². The smallest absolute Gasteiger partial charge is 0.451 e. The number of benzene rings is 1. The average Bonchev–Trinajstić information content (AvgIpc) is 3.03. The first-order valence-corrected chi connectivity index (χ1v) is 10.7. The molecule has 9 nitrogen and oxygen atoms in total. The fourth-order valence-corrected chi connectivity index (χ4v) is 5.09. The Morgan fingerprint density at radius 2 is 1.73 bits per heavy atom. The van der Waals surface area contributed by atoms with Crippen LogP contribution in [0.4, 0.5) is 13.2 Å². The number of sulfonamides is 1. The molecule has 1 saturated heterocycles. The molecule has 1 fully saturated rings. The first-order valence-electron chi connectivity index (χ1n) is 9.21. The Labute approximate surface area is 169 Å². The lowest BCUT2D eigenvalue weighted by molar-refractivity contribution is -0.147. The molecule has 164 valence electrons. The standard InChI is InChI=1S/C17H19F3N4O5S/c1-22-15(17(18,19)20)21-24(16(22)25)11-4-6-23(7-5-11)30(26,27)12-2-3-13-14(10-12)29-9-8-28-13/h2-3,10-11H,4-9H2,1H3. The maximum absolute atomic E-state index is 13.0. The molecule has 0 spiro atoms. The Balaban J connectivity index is 1.52. The second-order valence-corrected chi connectivity index (χ2v) is 8.99. The fraction of sp³-hybridized carbons (Fsp3) is 0.529. The van der Waals surface area contributed by atoms with Gasteiger partial charge in [0.2, 0.25) is 15.8 Å². The number of hydrogen-bond donors (Lipinski definition) is 0. The second-order valence-electron chi connectivity index (χ2n) is 7.05. The highest BCUT2D eigenvalue weighted by atomic mass is 32.2. The third kappa shape index (κ3) is 3.55. The summed E-state index contributed by atoms with van der Waals surface area (Å²) in [6.07, 6.45) is -4.42. The first kappa shape index (κ1) is 20.7. The molecule has 3 heterocycles. The minimum absolute atomic E-state index is 0.0413. The number of aromatic nitrogens is 3. The van der Waals surface area contributed by atoms with Crippen LogP contribution < -0.4 is 15.2 Å². The number of ether oxygens (including phenoxy) is 2. The Morgan fingerprint density at radius 3 is 2.33 bits per heavy atom. The summed E-state index contributed by atoms with van der Waals surface area (Å²) in [4.78, 5) is 12.2. The van der Waals surface area contributed by atoms with E-state index in [1.54, 1.807) is 0 Å². The highest BCUT2D eigenvalue weighted by Crippen LogP contribution is 2.34. The number of alkyl halides is 3. The molecule has 0 saturated carbocycles. The molecular weight excluding hydrogens is 429 g/mol. The maximum atomic E-state index is 13.0. The molecule has 2 aliphatic heterocycles. The molecule has 0 atom stereocenters. The van der Waals surface area contributed by atoms with Crippen molar-refractivity contribution >= 4 is 10.0 Å². The van der Waals surface area contributed by atoms with Crippen molar-refractivity contribution < 1.29 is 31.1 Å². The van der Waals surface area contributed by atoms with E-state index in [1.807, 2.05) is 0 Å². The molecule has 4 rings (SSSR count). The van der Waals surface area contributed by atoms with Crippen molar-refractivity contribution in [3.8, 4) is 11.5 Å². The van der Waals surface area contributed by atoms with Gasteiger partial charge in [0.1, 0.15) is 13.2 Å². The van der Waals surface area contributed by atoms with E-state index in [2.05, 4.69) is 5.10 Å². The molecule has 0 radical (unpaired) electrons. The summed E-state index contributed by atoms with van der Waals surface area (Å²) in [5.74, 6) is -0.468. The van der Waals surface area contributed by atoms with Crippen molar-refractivity contribution in [3.05, 3.63) is 34.5 Å². The van der Waals surface area contributed by atoms with Crippen molar-refractivity contribution in [3.63, 3.8) is 0 Å². The first-order chi connectivity index (χ1) is 14.1. The van der Waals surface area contributed by atoms with Crippen molar-refractivity contribution in [2.45, 2.75) is 30.0 Å². The SMILES string of the molecule is Cn1c(C(F)(F)F)nn(C2CCN(S(=O)(=O)c3ccc4c(c3)OCCO4)CC2)c1=O. The van der Waals surface area contributed by atoms with E-state index in [-0.39, 0.29) is 30.8 Å². The van der Waals surface area contributed by atoms with Crippen LogP contribution in [0.2, 0.25) is 0 Å². The summed E-state index contributed by atoms with van der Waals surface area (Å²) >= 11 is 0. The highest BCUT2D eigenvalue weighted by Gasteiger charge is 2.39. The molecule has 1 aromatic heterocycles. The number of hydrogen-bond acceptors (Lipinski definition) is 6. The van der Waals surface area contributed by atoms with Gasteiger partial charge in [-0.15, -0.1) is 5.10 Å². The lowest BCUT2D eigenvalue weighted by Gasteiger charge is -2.31. The molecule has 0 bridgehead atoms. The van der Waals surface area contributed by atoms with Crippen LogP contribution in [0.3, 0.4) is 0 Å². The van der Waals surface area contributed by atoms with Crippen LogP contribution in [0.5, 0.6) is 11.5 Å². The second kappa shape index (κ2) is 7.30. The minimum Gasteiger partial charge on any atom is -0.486 e. The van der Waals surface area contributed by atoms with Gasteiger partial charge in [-0.25, -0.2) is 17.9 Å². The molecule has 13 heteroatoms. The van der Waals surface area contributed by atoms with Gasteiger partial charge in [0.05, 0.1) is 10.9 Å². The largest absolute Gasteiger partial charge is 0.486 e. The summed E-state index contributed by atoms with van der Waals surface area (Å²) in [6, 6.07) is 3.73. The van der Waals surface area contributed by atoms with Crippen LogP contribution in [-0.2, 0) is 23.2 Å². The Morgan fingerprint density at radius 1 is 1.10 bits per heavy atom. The molecule has 1 aromatic carbocycles. The zero-order valence-corrected chi connectivity index (χ0v) is 16.7. The van der Waals surface area contributed by atoms with E-state index >= 15 is 0 Å². The predicted octanol–water partition coefficient (Wildman–Crippen LogP) is 1.40. The van der Waals surface area contributed by atoms with Gasteiger partial charge < -0.3 is 9.47 Å². The minimum atomic E-state index is -4.75. The molecule has 0 aliphatic carbocycles. The molecule has 2 aliphatic rings. The van der Waals surface area contributed by atoms with E-state index < -0.39 is 33.8 Å². The molecule has 2 aromatic rings. The summed E-state index contributed by atoms with van der Waals surface area (Å²) in [5, 5.41) is 3.44. The van der Waals surface area contributed by atoms with E-state index in [0.29, 0.717) is 29.3 Å². The highest BCUT2D eigenvalue weighted by molar-refractivity contribution is 7.89. The van der Waals surface area contributed by atoms with Gasteiger partial charge in [-0.3, -0.25) is 4.57 Å². The van der Waals surface area contributed by atoms with Crippen LogP contribution in [0.15, 0.2) is 27.9 Å². The fourth-order valence-electron chi connectivity index (χ4n) is 3.60. The molecule has 0 unspecified atom stereocenters. The number of nitrogens with zero attached hydrogens (tertiary/aromatic N) is 4. The van der Waals surface area contributed by atoms with Crippen LogP contribution in [0.25, 0.3) is 0 Å². The number of fused-ring (bicyclic) bond motifs is 1. The zero-order chi connectivity index (χ0) is 21.7. The zero-order valence-electron chi connectivity index (χ0n) is 15.9. The van der Waals surface area contributed by atoms with E-state index in [4.69, 9.17) is 9.47 Å². The lowest BCUT2D eigenvalue weighted by Crippen LogP contribution is -2.41. The third-order valence-corrected chi connectivity index (χ3v) is 7.07. The molecule has 0 amide bonds. The van der Waals surface area contributed by atoms with Crippen molar-refractivity contribution in [1.82, 2.24) is 18.7 Å². The normalized spacial score (nSPS) is 18.5. The quantitative estimate of drug-likeness (QED) is 0.705. The van der Waals surface area contributed by atoms with Crippen molar-refractivity contribution in [2.75, 3.05) is 26.3 Å². The number of piperidine rings is 1. The summed E-state index contributed by atoms with van der Waals surface area (Å²) in [6.45, 7) is 0.799. The molecule has 0 N–H and O–H groups in total. The van der Waals surface area contributed by atoms with Gasteiger partial charge in [-0.05, 0) is 25.0 Å². The Hall–Kier alpha value is -2.54. The van der Waals surface area contributed by atoms with Crippen LogP contribution in [0.1, 0.15) is 24.7 Å². The number of halogens is 3. The summed E-state index contributed by atoms with van der Waals surface area (Å²) in [7, 11) is -2.82. The predicted molar refractivity (Wildman–Crippen MR) is 96.9 cm³/mol. The maximum Gasteiger partial charge on any atom is 0.451 e. The summed E-state index contributed by atoms with van der Waals surface area (Å²) in [5.41, 5.74) is -0.879. The van der Waals surface area contributed by atoms with Crippen LogP contribution in [-0.4, -0.2) is 53.4 Å². The monoisotopic (exact) mass is 448 g/mol. The Kier molecular flexibility index (Phi) is 5.04. The van der Waals surface area contributed by atoms with Gasteiger partial charge in [0.15, 0.2) is 11.5 Å². The number of rotatable bonds is 3. The lowest BCUT2D eigenvalue weighted by atomic mass is 10.1. The van der Waals surface area contributed by atoms with Gasteiger partial charge >= 0.3 is 11.9 Å². The Bertz CT molecular complexity index is 1120. The van der Waals surface area contributed by atoms with Gasteiger partial charge in [-0.2, -0.15) is 17.5 Å². The van der Waals surface area contributed by atoms with Crippen LogP contribution >= 0.6 is 0 Å². The average molecular weight is 448 g/mol. The van der Waals surface area contributed by atoms with E-state index in [0.717, 1.165) is 11.7 Å². The van der Waals surface area contributed by atoms with Crippen molar-refractivity contribution in [2.24, 2.45) is 7.05 Å².